The number of hydrogen-bond acceptors (Lipinski definition) is 3. The minimum Gasteiger partial charge on any atom is -0.426 e. The molecule has 0 aromatic rings. The van der Waals surface area contributed by atoms with Crippen LogP contribution < -0.4 is 0 Å². The number of esters is 1. The maximum atomic E-state index is 11.4. The highest BCUT2D eigenvalue weighted by Gasteiger charge is 2.26. The van der Waals surface area contributed by atoms with E-state index in [2.05, 4.69) is 6.58 Å². The van der Waals surface area contributed by atoms with Gasteiger partial charge in [0.2, 0.25) is 0 Å². The van der Waals surface area contributed by atoms with E-state index in [0.717, 1.165) is 6.29 Å². The lowest BCUT2D eigenvalue weighted by Crippen LogP contribution is -2.06. The van der Waals surface area contributed by atoms with Gasteiger partial charge in [0, 0.05) is 12.0 Å². The molecule has 1 atom stereocenters. The fraction of sp³-hybridized carbons (Fsp3) is 0.455. The molecule has 0 saturated carbocycles. The molecule has 0 aromatic carbocycles. The Labute approximate surface area is 93.7 Å². The van der Waals surface area contributed by atoms with Gasteiger partial charge in [-0.2, -0.15) is 0 Å². The molecule has 4 heteroatoms. The van der Waals surface area contributed by atoms with Crippen LogP contribution in [0.25, 0.3) is 0 Å². The Kier molecular flexibility index (Phi) is 4.09. The van der Waals surface area contributed by atoms with Gasteiger partial charge in [0.1, 0.15) is 12.0 Å². The van der Waals surface area contributed by atoms with Crippen molar-refractivity contribution in [1.82, 2.24) is 0 Å². The number of carbonyl (C=O) groups excluding carboxylic acids is 2. The van der Waals surface area contributed by atoms with Crippen LogP contribution in [-0.2, 0) is 14.3 Å². The van der Waals surface area contributed by atoms with Gasteiger partial charge < -0.3 is 9.53 Å². The first-order valence-electron chi connectivity index (χ1n) is 4.84. The first-order chi connectivity index (χ1) is 7.10. The van der Waals surface area contributed by atoms with Crippen molar-refractivity contribution < 1.29 is 14.3 Å². The molecule has 0 saturated heterocycles. The van der Waals surface area contributed by atoms with Gasteiger partial charge in [0.25, 0.3) is 0 Å². The Hall–Kier alpha value is -1.09. The van der Waals surface area contributed by atoms with E-state index in [1.807, 2.05) is 6.92 Å². The van der Waals surface area contributed by atoms with Crippen molar-refractivity contribution >= 4 is 23.9 Å². The first kappa shape index (κ1) is 12.0. The average Bonchev–Trinajstić information content (AvgIpc) is 2.58. The normalized spacial score (nSPS) is 20.3. The zero-order chi connectivity index (χ0) is 11.4. The summed E-state index contributed by atoms with van der Waals surface area (Å²) in [6, 6.07) is 0. The molecule has 3 nitrogen and oxygen atoms in total. The first-order valence-corrected chi connectivity index (χ1v) is 5.21. The van der Waals surface area contributed by atoms with Crippen LogP contribution >= 0.6 is 11.6 Å². The predicted molar refractivity (Wildman–Crippen MR) is 57.2 cm³/mol. The minimum absolute atomic E-state index is 0.315. The number of carbonyl (C=O) groups is 2. The topological polar surface area (TPSA) is 43.4 Å². The summed E-state index contributed by atoms with van der Waals surface area (Å²) >= 11 is 5.88. The van der Waals surface area contributed by atoms with Crippen LogP contribution in [0.15, 0.2) is 22.9 Å². The molecule has 1 rings (SSSR count). The minimum atomic E-state index is -0.461. The van der Waals surface area contributed by atoms with Gasteiger partial charge in [-0.05, 0) is 12.8 Å². The van der Waals surface area contributed by atoms with E-state index >= 15 is 0 Å². The summed E-state index contributed by atoms with van der Waals surface area (Å²) in [6.07, 6.45) is 2.47. The van der Waals surface area contributed by atoms with Crippen molar-refractivity contribution in [3.05, 3.63) is 22.9 Å². The fourth-order valence-electron chi connectivity index (χ4n) is 1.30. The number of aldehydes is 1. The van der Waals surface area contributed by atoms with E-state index < -0.39 is 5.97 Å². The summed E-state index contributed by atoms with van der Waals surface area (Å²) in [4.78, 5) is 21.9. The van der Waals surface area contributed by atoms with Crippen molar-refractivity contribution in [2.75, 3.05) is 0 Å². The molecule has 82 valence electrons. The van der Waals surface area contributed by atoms with Gasteiger partial charge in [-0.25, -0.2) is 4.79 Å². The second-order valence-electron chi connectivity index (χ2n) is 3.40. The lowest BCUT2D eigenvalue weighted by atomic mass is 10.1. The van der Waals surface area contributed by atoms with Crippen molar-refractivity contribution in [1.29, 1.82) is 0 Å². The standard InChI is InChI=1S/C11H13ClO3/c1-3-7(2)11(14)15-9-5-4-8(6-13)10(9)12/h6,8H,2-5H2,1H3. The maximum absolute atomic E-state index is 11.4. The highest BCUT2D eigenvalue weighted by atomic mass is 35.5. The molecule has 1 unspecified atom stereocenters. The molecular formula is C11H13ClO3. The fourth-order valence-corrected chi connectivity index (χ4v) is 1.59. The SMILES string of the molecule is C=C(CC)C(=O)OC1=C(Cl)C(C=O)CC1. The Morgan fingerprint density at radius 2 is 2.40 bits per heavy atom. The summed E-state index contributed by atoms with van der Waals surface area (Å²) in [5.74, 6) is -0.366. The van der Waals surface area contributed by atoms with Gasteiger partial charge in [-0.1, -0.05) is 25.1 Å². The molecule has 0 fully saturated rings. The van der Waals surface area contributed by atoms with E-state index in [0.29, 0.717) is 35.6 Å². The van der Waals surface area contributed by atoms with E-state index in [1.54, 1.807) is 0 Å². The Bertz CT molecular complexity index is 331. The molecule has 0 heterocycles. The van der Waals surface area contributed by atoms with Gasteiger partial charge in [0.05, 0.1) is 11.0 Å². The largest absolute Gasteiger partial charge is 0.426 e. The molecule has 15 heavy (non-hydrogen) atoms. The Morgan fingerprint density at radius 3 is 2.87 bits per heavy atom. The second kappa shape index (κ2) is 5.12. The smallest absolute Gasteiger partial charge is 0.338 e. The highest BCUT2D eigenvalue weighted by molar-refractivity contribution is 6.31. The summed E-state index contributed by atoms with van der Waals surface area (Å²) in [6.45, 7) is 5.39. The average molecular weight is 229 g/mol. The van der Waals surface area contributed by atoms with E-state index in [9.17, 15) is 9.59 Å². The lowest BCUT2D eigenvalue weighted by Gasteiger charge is -2.06. The van der Waals surface area contributed by atoms with Crippen molar-refractivity contribution in [2.45, 2.75) is 26.2 Å². The van der Waals surface area contributed by atoms with E-state index in [-0.39, 0.29) is 5.92 Å². The number of rotatable bonds is 4. The van der Waals surface area contributed by atoms with Gasteiger partial charge in [-0.3, -0.25) is 0 Å². The van der Waals surface area contributed by atoms with Gasteiger partial charge in [-0.15, -0.1) is 0 Å². The highest BCUT2D eigenvalue weighted by Crippen LogP contribution is 2.34. The molecule has 1 aliphatic carbocycles. The third-order valence-corrected chi connectivity index (χ3v) is 2.86. The molecule has 0 radical (unpaired) electrons. The van der Waals surface area contributed by atoms with Crippen LogP contribution in [-0.4, -0.2) is 12.3 Å². The second-order valence-corrected chi connectivity index (χ2v) is 3.81. The molecule has 0 bridgehead atoms. The molecule has 0 amide bonds. The van der Waals surface area contributed by atoms with Crippen molar-refractivity contribution in [3.8, 4) is 0 Å². The number of halogens is 1. The van der Waals surface area contributed by atoms with E-state index in [4.69, 9.17) is 16.3 Å². The Morgan fingerprint density at radius 1 is 1.73 bits per heavy atom. The van der Waals surface area contributed by atoms with Crippen LogP contribution in [0.2, 0.25) is 0 Å². The zero-order valence-electron chi connectivity index (χ0n) is 8.59. The van der Waals surface area contributed by atoms with Crippen LogP contribution in [0.4, 0.5) is 0 Å². The van der Waals surface area contributed by atoms with Gasteiger partial charge in [0.15, 0.2) is 0 Å². The van der Waals surface area contributed by atoms with Crippen molar-refractivity contribution in [3.63, 3.8) is 0 Å². The monoisotopic (exact) mass is 228 g/mol. The maximum Gasteiger partial charge on any atom is 0.338 e. The summed E-state index contributed by atoms with van der Waals surface area (Å²) in [7, 11) is 0. The van der Waals surface area contributed by atoms with Crippen LogP contribution in [0.3, 0.4) is 0 Å². The third-order valence-electron chi connectivity index (χ3n) is 2.37. The summed E-state index contributed by atoms with van der Waals surface area (Å²) in [5, 5.41) is 0.349. The molecule has 0 aliphatic heterocycles. The molecule has 0 N–H and O–H groups in total. The number of ether oxygens (including phenoxy) is 1. The van der Waals surface area contributed by atoms with Crippen LogP contribution in [0.1, 0.15) is 26.2 Å². The molecule has 0 spiro atoms. The van der Waals surface area contributed by atoms with Crippen molar-refractivity contribution in [2.24, 2.45) is 5.92 Å². The number of allylic oxidation sites excluding steroid dienone is 2. The summed E-state index contributed by atoms with van der Waals surface area (Å²) in [5.41, 5.74) is 0.404. The third kappa shape index (κ3) is 2.69. The quantitative estimate of drug-likeness (QED) is 0.422. The predicted octanol–water partition coefficient (Wildman–Crippen LogP) is 2.56. The van der Waals surface area contributed by atoms with Crippen LogP contribution in [0, 0.1) is 5.92 Å². The lowest BCUT2D eigenvalue weighted by molar-refractivity contribution is -0.135. The molecule has 0 aromatic heterocycles. The van der Waals surface area contributed by atoms with E-state index in [1.165, 1.54) is 0 Å². The zero-order valence-corrected chi connectivity index (χ0v) is 9.34. The summed E-state index contributed by atoms with van der Waals surface area (Å²) < 4.78 is 5.06. The Balaban J connectivity index is 2.67. The van der Waals surface area contributed by atoms with Crippen LogP contribution in [0.5, 0.6) is 0 Å². The number of hydrogen-bond donors (Lipinski definition) is 0. The van der Waals surface area contributed by atoms with Gasteiger partial charge >= 0.3 is 5.97 Å². The molecule has 1 aliphatic rings. The molecular weight excluding hydrogens is 216 g/mol.